The Labute approximate surface area is 132 Å². The lowest BCUT2D eigenvalue weighted by Gasteiger charge is -2.22. The van der Waals surface area contributed by atoms with Crippen LogP contribution >= 0.6 is 0 Å². The van der Waals surface area contributed by atoms with Gasteiger partial charge in [-0.25, -0.2) is 4.79 Å². The molecule has 1 amide bonds. The molecule has 4 nitrogen and oxygen atoms in total. The van der Waals surface area contributed by atoms with Crippen LogP contribution in [0.15, 0.2) is 42.5 Å². The number of amides is 1. The third kappa shape index (κ3) is 5.72. The highest BCUT2D eigenvalue weighted by Gasteiger charge is 2.26. The van der Waals surface area contributed by atoms with E-state index >= 15 is 0 Å². The van der Waals surface area contributed by atoms with Crippen molar-refractivity contribution in [2.24, 2.45) is 11.8 Å². The van der Waals surface area contributed by atoms with Gasteiger partial charge in [0.2, 0.25) is 5.91 Å². The maximum atomic E-state index is 12.5. The second kappa shape index (κ2) is 9.03. The van der Waals surface area contributed by atoms with Gasteiger partial charge in [0.25, 0.3) is 0 Å². The monoisotopic (exact) mass is 303 g/mol. The molecule has 0 aliphatic carbocycles. The van der Waals surface area contributed by atoms with E-state index in [0.717, 1.165) is 5.56 Å². The summed E-state index contributed by atoms with van der Waals surface area (Å²) in [4.78, 5) is 23.7. The molecule has 0 saturated carbocycles. The smallest absolute Gasteiger partial charge is 0.326 e. The molecule has 0 fully saturated rings. The van der Waals surface area contributed by atoms with Gasteiger partial charge in [-0.2, -0.15) is 0 Å². The van der Waals surface area contributed by atoms with Crippen molar-refractivity contribution in [3.63, 3.8) is 0 Å². The van der Waals surface area contributed by atoms with Crippen molar-refractivity contribution in [1.29, 1.82) is 0 Å². The summed E-state index contributed by atoms with van der Waals surface area (Å²) in [6, 6.07) is 8.91. The van der Waals surface area contributed by atoms with Gasteiger partial charge in [0.05, 0.1) is 0 Å². The van der Waals surface area contributed by atoms with Gasteiger partial charge in [-0.1, -0.05) is 56.3 Å². The van der Waals surface area contributed by atoms with E-state index in [9.17, 15) is 14.7 Å². The first kappa shape index (κ1) is 18.0. The molecule has 0 spiro atoms. The number of nitrogens with one attached hydrogen (secondary N) is 1. The zero-order valence-electron chi connectivity index (χ0n) is 13.5. The SMILES string of the molecule is C/C=C/CC(NC(=O)C(Cc1ccccc1)C(C)C)C(=O)O. The van der Waals surface area contributed by atoms with Crippen LogP contribution in [0.3, 0.4) is 0 Å². The zero-order chi connectivity index (χ0) is 16.5. The number of hydrogen-bond acceptors (Lipinski definition) is 2. The van der Waals surface area contributed by atoms with Crippen molar-refractivity contribution in [1.82, 2.24) is 5.32 Å². The molecule has 2 unspecified atom stereocenters. The van der Waals surface area contributed by atoms with Crippen LogP contribution in [-0.4, -0.2) is 23.0 Å². The summed E-state index contributed by atoms with van der Waals surface area (Å²) < 4.78 is 0. The van der Waals surface area contributed by atoms with E-state index in [0.29, 0.717) is 12.8 Å². The molecule has 4 heteroatoms. The molecule has 0 aromatic heterocycles. The predicted octanol–water partition coefficient (Wildman–Crippen LogP) is 3.04. The maximum Gasteiger partial charge on any atom is 0.326 e. The Hall–Kier alpha value is -2.10. The lowest BCUT2D eigenvalue weighted by atomic mass is 9.88. The number of carboxylic acids is 1. The molecule has 0 bridgehead atoms. The number of aliphatic carboxylic acids is 1. The van der Waals surface area contributed by atoms with Crippen molar-refractivity contribution >= 4 is 11.9 Å². The zero-order valence-corrected chi connectivity index (χ0v) is 13.5. The van der Waals surface area contributed by atoms with E-state index in [2.05, 4.69) is 5.32 Å². The molecule has 2 atom stereocenters. The van der Waals surface area contributed by atoms with Gasteiger partial charge in [-0.05, 0) is 31.2 Å². The molecule has 0 heterocycles. The maximum absolute atomic E-state index is 12.5. The van der Waals surface area contributed by atoms with Crippen LogP contribution < -0.4 is 5.32 Å². The number of carbonyl (C=O) groups is 2. The third-order valence-electron chi connectivity index (χ3n) is 3.66. The van der Waals surface area contributed by atoms with Crippen LogP contribution in [-0.2, 0) is 16.0 Å². The van der Waals surface area contributed by atoms with E-state index in [1.165, 1.54) is 0 Å². The van der Waals surface area contributed by atoms with E-state index in [1.807, 2.05) is 51.1 Å². The van der Waals surface area contributed by atoms with E-state index < -0.39 is 12.0 Å². The number of benzene rings is 1. The summed E-state index contributed by atoms with van der Waals surface area (Å²) in [6.45, 7) is 5.79. The number of carbonyl (C=O) groups excluding carboxylic acids is 1. The van der Waals surface area contributed by atoms with Crippen molar-refractivity contribution in [3.05, 3.63) is 48.0 Å². The van der Waals surface area contributed by atoms with Crippen LogP contribution in [0.25, 0.3) is 0 Å². The molecular weight excluding hydrogens is 278 g/mol. The fraction of sp³-hybridized carbons (Fsp3) is 0.444. The number of rotatable bonds is 8. The van der Waals surface area contributed by atoms with Crippen LogP contribution in [0.5, 0.6) is 0 Å². The molecule has 1 aromatic carbocycles. The van der Waals surface area contributed by atoms with Crippen LogP contribution in [0, 0.1) is 11.8 Å². The Balaban J connectivity index is 2.77. The Morgan fingerprint density at radius 2 is 1.86 bits per heavy atom. The first-order chi connectivity index (χ1) is 10.5. The van der Waals surface area contributed by atoms with Crippen LogP contribution in [0.1, 0.15) is 32.8 Å². The predicted molar refractivity (Wildman–Crippen MR) is 87.5 cm³/mol. The Bertz CT molecular complexity index is 508. The topological polar surface area (TPSA) is 66.4 Å². The Morgan fingerprint density at radius 1 is 1.23 bits per heavy atom. The molecule has 0 aliphatic rings. The van der Waals surface area contributed by atoms with Crippen molar-refractivity contribution < 1.29 is 14.7 Å². The van der Waals surface area contributed by atoms with Gasteiger partial charge >= 0.3 is 5.97 Å². The Kier molecular flexibility index (Phi) is 7.37. The second-order valence-corrected chi connectivity index (χ2v) is 5.74. The molecule has 0 aliphatic heterocycles. The number of allylic oxidation sites excluding steroid dienone is 1. The van der Waals surface area contributed by atoms with E-state index in [1.54, 1.807) is 12.2 Å². The molecule has 0 radical (unpaired) electrons. The van der Waals surface area contributed by atoms with Crippen molar-refractivity contribution in [2.75, 3.05) is 0 Å². The normalized spacial score (nSPS) is 14.0. The minimum atomic E-state index is -1.01. The number of carboxylic acid groups (broad SMARTS) is 1. The molecule has 1 rings (SSSR count). The van der Waals surface area contributed by atoms with E-state index in [-0.39, 0.29) is 17.7 Å². The molecule has 2 N–H and O–H groups in total. The van der Waals surface area contributed by atoms with Gasteiger partial charge in [0, 0.05) is 5.92 Å². The fourth-order valence-corrected chi connectivity index (χ4v) is 2.27. The molecule has 22 heavy (non-hydrogen) atoms. The first-order valence-electron chi connectivity index (χ1n) is 7.64. The minimum absolute atomic E-state index is 0.136. The largest absolute Gasteiger partial charge is 0.480 e. The molecular formula is C18H25NO3. The summed E-state index contributed by atoms with van der Waals surface area (Å²) >= 11 is 0. The highest BCUT2D eigenvalue weighted by Crippen LogP contribution is 2.18. The van der Waals surface area contributed by atoms with Crippen LogP contribution in [0.2, 0.25) is 0 Å². The second-order valence-electron chi connectivity index (χ2n) is 5.74. The lowest BCUT2D eigenvalue weighted by Crippen LogP contribution is -2.45. The highest BCUT2D eigenvalue weighted by molar-refractivity contribution is 5.85. The van der Waals surface area contributed by atoms with Crippen molar-refractivity contribution in [3.8, 4) is 0 Å². The summed E-state index contributed by atoms with van der Waals surface area (Å²) in [5.41, 5.74) is 1.08. The molecule has 120 valence electrons. The van der Waals surface area contributed by atoms with Gasteiger partial charge in [-0.15, -0.1) is 0 Å². The summed E-state index contributed by atoms with van der Waals surface area (Å²) in [5, 5.41) is 11.9. The van der Waals surface area contributed by atoms with E-state index in [4.69, 9.17) is 0 Å². The van der Waals surface area contributed by atoms with Gasteiger partial charge < -0.3 is 10.4 Å². The standard InChI is InChI=1S/C18H25NO3/c1-4-5-11-16(18(21)22)19-17(20)15(13(2)3)12-14-9-7-6-8-10-14/h4-10,13,15-16H,11-12H2,1-3H3,(H,19,20)(H,21,22)/b5-4+. The number of hydrogen-bond donors (Lipinski definition) is 2. The van der Waals surface area contributed by atoms with Gasteiger partial charge in [0.1, 0.15) is 6.04 Å². The average molecular weight is 303 g/mol. The van der Waals surface area contributed by atoms with Gasteiger partial charge in [0.15, 0.2) is 0 Å². The fourth-order valence-electron chi connectivity index (χ4n) is 2.27. The third-order valence-corrected chi connectivity index (χ3v) is 3.66. The summed E-state index contributed by atoms with van der Waals surface area (Å²) in [5.74, 6) is -1.31. The molecule has 1 aromatic rings. The highest BCUT2D eigenvalue weighted by atomic mass is 16.4. The average Bonchev–Trinajstić information content (AvgIpc) is 2.49. The molecule has 0 saturated heterocycles. The van der Waals surface area contributed by atoms with Gasteiger partial charge in [-0.3, -0.25) is 4.79 Å². The quantitative estimate of drug-likeness (QED) is 0.725. The Morgan fingerprint density at radius 3 is 2.36 bits per heavy atom. The minimum Gasteiger partial charge on any atom is -0.480 e. The van der Waals surface area contributed by atoms with Crippen molar-refractivity contribution in [2.45, 2.75) is 39.7 Å². The summed E-state index contributed by atoms with van der Waals surface area (Å²) in [7, 11) is 0. The van der Waals surface area contributed by atoms with Crippen LogP contribution in [0.4, 0.5) is 0 Å². The first-order valence-corrected chi connectivity index (χ1v) is 7.64. The lowest BCUT2D eigenvalue weighted by molar-refractivity contribution is -0.142. The summed E-state index contributed by atoms with van der Waals surface area (Å²) in [6.07, 6.45) is 4.45.